The number of phenolic OH excluding ortho intramolecular Hbond substituents is 1. The Labute approximate surface area is 129 Å². The van der Waals surface area contributed by atoms with Crippen LogP contribution in [-0.4, -0.2) is 18.2 Å². The van der Waals surface area contributed by atoms with Gasteiger partial charge >= 0.3 is 5.97 Å². The van der Waals surface area contributed by atoms with Gasteiger partial charge < -0.3 is 9.84 Å². The highest BCUT2D eigenvalue weighted by Gasteiger charge is 2.24. The fourth-order valence-electron chi connectivity index (χ4n) is 1.90. The van der Waals surface area contributed by atoms with E-state index >= 15 is 0 Å². The average molecular weight is 294 g/mol. The number of carbonyl (C=O) groups excluding carboxylic acids is 1. The molecule has 0 heterocycles. The quantitative estimate of drug-likeness (QED) is 0.772. The van der Waals surface area contributed by atoms with Crippen LogP contribution >= 0.6 is 0 Å². The maximum absolute atomic E-state index is 10.3. The zero-order chi connectivity index (χ0) is 16.8. The number of hydrogen-bond acceptors (Lipinski definition) is 3. The monoisotopic (exact) mass is 294 g/mol. The molecule has 3 nitrogen and oxygen atoms in total. The molecule has 0 amide bonds. The molecule has 0 radical (unpaired) electrons. The second-order valence-corrected chi connectivity index (χ2v) is 7.13. The number of phenols is 1. The predicted molar refractivity (Wildman–Crippen MR) is 87.8 cm³/mol. The van der Waals surface area contributed by atoms with Crippen molar-refractivity contribution in [2.75, 3.05) is 7.11 Å². The number of ether oxygens (including phenoxy) is 1. The molecular formula is C18H30O3. The molecule has 0 aromatic heterocycles. The Hall–Kier alpha value is -1.51. The van der Waals surface area contributed by atoms with Crippen molar-refractivity contribution in [3.05, 3.63) is 29.3 Å². The molecule has 0 aliphatic carbocycles. The van der Waals surface area contributed by atoms with Gasteiger partial charge in [0, 0.05) is 6.42 Å². The first-order valence-electron chi connectivity index (χ1n) is 7.34. The lowest BCUT2D eigenvalue weighted by Crippen LogP contribution is -2.16. The van der Waals surface area contributed by atoms with Gasteiger partial charge in [-0.15, -0.1) is 0 Å². The van der Waals surface area contributed by atoms with Gasteiger partial charge in [0.25, 0.3) is 0 Å². The molecule has 0 fully saturated rings. The van der Waals surface area contributed by atoms with Gasteiger partial charge in [0.15, 0.2) is 0 Å². The Balaban J connectivity index is 0.000000567. The molecule has 120 valence electrons. The van der Waals surface area contributed by atoms with Gasteiger partial charge in [0.05, 0.1) is 7.11 Å². The van der Waals surface area contributed by atoms with Gasteiger partial charge in [0.2, 0.25) is 0 Å². The van der Waals surface area contributed by atoms with Gasteiger partial charge in [-0.2, -0.15) is 0 Å². The van der Waals surface area contributed by atoms with Crippen LogP contribution in [0.25, 0.3) is 0 Å². The molecule has 1 N–H and O–H groups in total. The van der Waals surface area contributed by atoms with Crippen molar-refractivity contribution >= 4 is 5.97 Å². The maximum atomic E-state index is 10.3. The van der Waals surface area contributed by atoms with Crippen LogP contribution in [0.4, 0.5) is 0 Å². The summed E-state index contributed by atoms with van der Waals surface area (Å²) in [5, 5.41) is 10.3. The molecule has 0 saturated heterocycles. The van der Waals surface area contributed by atoms with E-state index in [-0.39, 0.29) is 16.8 Å². The largest absolute Gasteiger partial charge is 0.507 e. The molecule has 3 heteroatoms. The molecule has 21 heavy (non-hydrogen) atoms. The van der Waals surface area contributed by atoms with E-state index in [1.165, 1.54) is 7.11 Å². The second kappa shape index (κ2) is 7.48. The van der Waals surface area contributed by atoms with Gasteiger partial charge in [-0.3, -0.25) is 4.79 Å². The first-order valence-corrected chi connectivity index (χ1v) is 7.34. The predicted octanol–water partition coefficient (Wildman–Crippen LogP) is 4.56. The Morgan fingerprint density at radius 1 is 1.05 bits per heavy atom. The van der Waals surface area contributed by atoms with Crippen molar-refractivity contribution in [1.82, 2.24) is 0 Å². The van der Waals surface area contributed by atoms with Gasteiger partial charge in [-0.25, -0.2) is 0 Å². The second-order valence-electron chi connectivity index (χ2n) is 7.13. The lowest BCUT2D eigenvalue weighted by atomic mass is 9.80. The van der Waals surface area contributed by atoms with Crippen molar-refractivity contribution in [2.45, 2.75) is 65.7 Å². The van der Waals surface area contributed by atoms with Crippen molar-refractivity contribution in [3.8, 4) is 5.75 Å². The van der Waals surface area contributed by atoms with Crippen LogP contribution in [0, 0.1) is 0 Å². The highest BCUT2D eigenvalue weighted by atomic mass is 16.5. The van der Waals surface area contributed by atoms with Gasteiger partial charge in [0.1, 0.15) is 5.75 Å². The summed E-state index contributed by atoms with van der Waals surface area (Å²) < 4.78 is 4.26. The van der Waals surface area contributed by atoms with Crippen molar-refractivity contribution in [2.24, 2.45) is 0 Å². The lowest BCUT2D eigenvalue weighted by Gasteiger charge is -2.26. The first kappa shape index (κ1) is 19.5. The zero-order valence-electron chi connectivity index (χ0n) is 14.7. The van der Waals surface area contributed by atoms with E-state index in [2.05, 4.69) is 46.3 Å². The number of para-hydroxylation sites is 1. The normalized spacial score (nSPS) is 11.4. The summed E-state index contributed by atoms with van der Waals surface area (Å²) in [4.78, 5) is 9.96. The number of rotatable bonds is 1. The maximum Gasteiger partial charge on any atom is 0.305 e. The van der Waals surface area contributed by atoms with E-state index in [0.29, 0.717) is 12.2 Å². The molecule has 0 bridgehead atoms. The number of methoxy groups -OCH3 is 1. The van der Waals surface area contributed by atoms with Crippen LogP contribution in [0.15, 0.2) is 18.2 Å². The summed E-state index contributed by atoms with van der Waals surface area (Å²) in [7, 11) is 1.38. The third-order valence-corrected chi connectivity index (χ3v) is 3.17. The van der Waals surface area contributed by atoms with E-state index in [9.17, 15) is 9.90 Å². The van der Waals surface area contributed by atoms with E-state index in [1.54, 1.807) is 6.92 Å². The van der Waals surface area contributed by atoms with Crippen molar-refractivity contribution in [1.29, 1.82) is 0 Å². The Morgan fingerprint density at radius 2 is 1.43 bits per heavy atom. The first-order chi connectivity index (χ1) is 9.45. The van der Waals surface area contributed by atoms with Crippen LogP contribution in [-0.2, 0) is 20.4 Å². The molecular weight excluding hydrogens is 264 g/mol. The number of carbonyl (C=O) groups is 1. The minimum Gasteiger partial charge on any atom is -0.507 e. The van der Waals surface area contributed by atoms with E-state index < -0.39 is 0 Å². The summed E-state index contributed by atoms with van der Waals surface area (Å²) in [6.45, 7) is 14.5. The molecule has 0 aliphatic rings. The molecule has 1 aromatic carbocycles. The van der Waals surface area contributed by atoms with Gasteiger partial charge in [-0.05, 0) is 22.0 Å². The van der Waals surface area contributed by atoms with Crippen molar-refractivity contribution in [3.63, 3.8) is 0 Å². The van der Waals surface area contributed by atoms with Crippen LogP contribution in [0.5, 0.6) is 5.75 Å². The number of hydrogen-bond donors (Lipinski definition) is 1. The summed E-state index contributed by atoms with van der Waals surface area (Å²) in [6.07, 6.45) is 0.469. The minimum absolute atomic E-state index is 0.00859. The molecule has 0 aliphatic heterocycles. The summed E-state index contributed by atoms with van der Waals surface area (Å²) in [5.41, 5.74) is 2.03. The Kier molecular flexibility index (Phi) is 6.95. The highest BCUT2D eigenvalue weighted by molar-refractivity contribution is 5.68. The van der Waals surface area contributed by atoms with Gasteiger partial charge in [-0.1, -0.05) is 66.7 Å². The average Bonchev–Trinajstić information content (AvgIpc) is 2.36. The van der Waals surface area contributed by atoms with Crippen LogP contribution in [0.1, 0.15) is 66.0 Å². The SMILES string of the molecule is CC(C)(C)c1cccc(C(C)(C)C)c1O.CCC(=O)OC. The molecule has 1 aromatic rings. The van der Waals surface area contributed by atoms with Crippen LogP contribution < -0.4 is 0 Å². The third kappa shape index (κ3) is 6.19. The van der Waals surface area contributed by atoms with E-state index in [0.717, 1.165) is 11.1 Å². The summed E-state index contributed by atoms with van der Waals surface area (Å²) in [6, 6.07) is 6.04. The molecule has 0 spiro atoms. The molecule has 0 atom stereocenters. The van der Waals surface area contributed by atoms with E-state index in [1.807, 2.05) is 18.2 Å². The smallest absolute Gasteiger partial charge is 0.305 e. The zero-order valence-corrected chi connectivity index (χ0v) is 14.7. The highest BCUT2D eigenvalue weighted by Crippen LogP contribution is 2.38. The molecule has 0 unspecified atom stereocenters. The topological polar surface area (TPSA) is 46.5 Å². The Morgan fingerprint density at radius 3 is 1.62 bits per heavy atom. The molecule has 1 rings (SSSR count). The number of benzene rings is 1. The van der Waals surface area contributed by atoms with Crippen LogP contribution in [0.2, 0.25) is 0 Å². The summed E-state index contributed by atoms with van der Waals surface area (Å²) in [5.74, 6) is 0.299. The lowest BCUT2D eigenvalue weighted by molar-refractivity contribution is -0.140. The fourth-order valence-corrected chi connectivity index (χ4v) is 1.90. The fraction of sp³-hybridized carbons (Fsp3) is 0.611. The Bertz CT molecular complexity index is 424. The van der Waals surface area contributed by atoms with Crippen LogP contribution in [0.3, 0.4) is 0 Å². The number of esters is 1. The molecule has 0 saturated carbocycles. The van der Waals surface area contributed by atoms with E-state index in [4.69, 9.17) is 0 Å². The summed E-state index contributed by atoms with van der Waals surface area (Å²) >= 11 is 0. The van der Waals surface area contributed by atoms with Crippen molar-refractivity contribution < 1.29 is 14.6 Å². The minimum atomic E-state index is -0.157. The number of aromatic hydroxyl groups is 1. The third-order valence-electron chi connectivity index (χ3n) is 3.17. The standard InChI is InChI=1S/C14H22O.C4H8O2/c1-13(2,3)10-8-7-9-11(12(10)15)14(4,5)6;1-3-4(5)6-2/h7-9,15H,1-6H3;3H2,1-2H3.